The van der Waals surface area contributed by atoms with Crippen molar-refractivity contribution in [2.24, 2.45) is 5.41 Å². The second-order valence-electron chi connectivity index (χ2n) is 5.78. The van der Waals surface area contributed by atoms with Gasteiger partial charge in [0.2, 0.25) is 0 Å². The van der Waals surface area contributed by atoms with Crippen LogP contribution < -0.4 is 4.90 Å². The van der Waals surface area contributed by atoms with Gasteiger partial charge in [0.1, 0.15) is 0 Å². The summed E-state index contributed by atoms with van der Waals surface area (Å²) in [4.78, 5) is 13.8. The fraction of sp³-hybridized carbons (Fsp3) is 0.533. The van der Waals surface area contributed by atoms with Gasteiger partial charge in [0.05, 0.1) is 5.56 Å². The quantitative estimate of drug-likeness (QED) is 0.758. The molecule has 1 saturated heterocycles. The molecular weight excluding hydrogens is 246 g/mol. The number of anilines is 1. The number of halogens is 1. The van der Waals surface area contributed by atoms with Gasteiger partial charge in [-0.2, -0.15) is 0 Å². The number of rotatable bonds is 2. The molecule has 0 radical (unpaired) electrons. The van der Waals surface area contributed by atoms with Gasteiger partial charge in [0.25, 0.3) is 5.24 Å². The molecule has 0 aromatic heterocycles. The summed E-state index contributed by atoms with van der Waals surface area (Å²) in [6.45, 7) is 4.17. The molecule has 1 saturated carbocycles. The third kappa shape index (κ3) is 2.14. The molecule has 0 unspecified atom stereocenters. The van der Waals surface area contributed by atoms with E-state index in [9.17, 15) is 4.79 Å². The van der Waals surface area contributed by atoms with Crippen molar-refractivity contribution in [3.63, 3.8) is 0 Å². The highest BCUT2D eigenvalue weighted by Crippen LogP contribution is 2.54. The number of aryl methyl sites for hydroxylation is 1. The van der Waals surface area contributed by atoms with E-state index >= 15 is 0 Å². The normalized spacial score (nSPS) is 21.1. The van der Waals surface area contributed by atoms with E-state index in [0.717, 1.165) is 18.8 Å². The second-order valence-corrected chi connectivity index (χ2v) is 6.12. The average Bonchev–Trinajstić information content (AvgIpc) is 3.09. The van der Waals surface area contributed by atoms with Crippen LogP contribution in [0.3, 0.4) is 0 Å². The van der Waals surface area contributed by atoms with Crippen LogP contribution in [0.15, 0.2) is 18.2 Å². The molecule has 0 amide bonds. The topological polar surface area (TPSA) is 20.3 Å². The Labute approximate surface area is 113 Å². The number of piperidine rings is 1. The highest BCUT2D eigenvalue weighted by atomic mass is 35.5. The molecule has 3 rings (SSSR count). The Hall–Kier alpha value is -1.02. The third-order valence-electron chi connectivity index (χ3n) is 4.49. The van der Waals surface area contributed by atoms with Gasteiger partial charge >= 0.3 is 0 Å². The van der Waals surface area contributed by atoms with Crippen molar-refractivity contribution in [3.8, 4) is 0 Å². The van der Waals surface area contributed by atoms with Crippen molar-refractivity contribution in [1.29, 1.82) is 0 Å². The minimum absolute atomic E-state index is 0.350. The molecule has 2 aliphatic rings. The predicted molar refractivity (Wildman–Crippen MR) is 74.5 cm³/mol. The maximum Gasteiger partial charge on any atom is 0.254 e. The molecule has 3 heteroatoms. The van der Waals surface area contributed by atoms with Crippen LogP contribution in [0.2, 0.25) is 0 Å². The van der Waals surface area contributed by atoms with Gasteiger partial charge < -0.3 is 4.90 Å². The molecule has 1 aromatic carbocycles. The van der Waals surface area contributed by atoms with Crippen molar-refractivity contribution >= 4 is 22.5 Å². The van der Waals surface area contributed by atoms with Gasteiger partial charge in [-0.3, -0.25) is 4.79 Å². The number of benzene rings is 1. The molecular formula is C15H18ClNO. The van der Waals surface area contributed by atoms with Crippen molar-refractivity contribution in [3.05, 3.63) is 29.3 Å². The summed E-state index contributed by atoms with van der Waals surface area (Å²) in [6, 6.07) is 5.88. The van der Waals surface area contributed by atoms with Gasteiger partial charge in [-0.15, -0.1) is 0 Å². The highest BCUT2D eigenvalue weighted by Gasteiger charge is 2.44. The molecule has 1 heterocycles. The number of hydrogen-bond acceptors (Lipinski definition) is 2. The van der Waals surface area contributed by atoms with E-state index in [-0.39, 0.29) is 5.24 Å². The van der Waals surface area contributed by atoms with Gasteiger partial charge in [-0.1, -0.05) is 6.07 Å². The lowest BCUT2D eigenvalue weighted by Crippen LogP contribution is -2.35. The Morgan fingerprint density at radius 3 is 2.44 bits per heavy atom. The lowest BCUT2D eigenvalue weighted by Gasteiger charge is -2.34. The van der Waals surface area contributed by atoms with E-state index < -0.39 is 0 Å². The first-order valence-electron chi connectivity index (χ1n) is 6.65. The molecule has 1 aliphatic carbocycles. The maximum absolute atomic E-state index is 11.5. The first-order valence-corrected chi connectivity index (χ1v) is 7.03. The number of nitrogens with zero attached hydrogens (tertiary/aromatic N) is 1. The van der Waals surface area contributed by atoms with E-state index in [2.05, 4.69) is 17.9 Å². The molecule has 0 bridgehead atoms. The molecule has 18 heavy (non-hydrogen) atoms. The van der Waals surface area contributed by atoms with Crippen LogP contribution in [0, 0.1) is 12.3 Å². The minimum atomic E-state index is -0.350. The van der Waals surface area contributed by atoms with Crippen LogP contribution >= 0.6 is 11.6 Å². The smallest absolute Gasteiger partial charge is 0.254 e. The molecule has 1 spiro atoms. The third-order valence-corrected chi connectivity index (χ3v) is 4.69. The summed E-state index contributed by atoms with van der Waals surface area (Å²) in [5.41, 5.74) is 3.50. The first-order chi connectivity index (χ1) is 8.60. The molecule has 2 nitrogen and oxygen atoms in total. The zero-order valence-electron chi connectivity index (χ0n) is 10.7. The Balaban J connectivity index is 1.86. The zero-order valence-corrected chi connectivity index (χ0v) is 11.5. The van der Waals surface area contributed by atoms with E-state index in [4.69, 9.17) is 11.6 Å². The number of carbonyl (C=O) groups is 1. The van der Waals surface area contributed by atoms with Crippen LogP contribution in [0.25, 0.3) is 0 Å². The van der Waals surface area contributed by atoms with E-state index in [1.54, 1.807) is 0 Å². The van der Waals surface area contributed by atoms with Crippen LogP contribution in [0.1, 0.15) is 41.6 Å². The van der Waals surface area contributed by atoms with Gasteiger partial charge in [0, 0.05) is 18.8 Å². The fourth-order valence-corrected chi connectivity index (χ4v) is 3.13. The summed E-state index contributed by atoms with van der Waals surface area (Å²) in [5.74, 6) is 0. The molecule has 1 aliphatic heterocycles. The lowest BCUT2D eigenvalue weighted by atomic mass is 9.93. The number of hydrogen-bond donors (Lipinski definition) is 0. The second kappa shape index (κ2) is 4.27. The van der Waals surface area contributed by atoms with Crippen LogP contribution in [-0.2, 0) is 0 Å². The Bertz CT molecular complexity index is 483. The summed E-state index contributed by atoms with van der Waals surface area (Å²) in [6.07, 6.45) is 5.32. The van der Waals surface area contributed by atoms with Crippen LogP contribution in [0.5, 0.6) is 0 Å². The monoisotopic (exact) mass is 263 g/mol. The van der Waals surface area contributed by atoms with E-state index in [1.165, 1.54) is 31.2 Å². The van der Waals surface area contributed by atoms with Crippen molar-refractivity contribution in [2.75, 3.05) is 18.0 Å². The molecule has 2 fully saturated rings. The molecule has 0 atom stereocenters. The average molecular weight is 264 g/mol. The maximum atomic E-state index is 11.5. The van der Waals surface area contributed by atoms with Gasteiger partial charge in [0.15, 0.2) is 0 Å². The summed E-state index contributed by atoms with van der Waals surface area (Å²) >= 11 is 5.68. The van der Waals surface area contributed by atoms with Crippen molar-refractivity contribution in [2.45, 2.75) is 32.6 Å². The first kappa shape index (κ1) is 12.0. The SMILES string of the molecule is Cc1ccc(C(=O)Cl)c(N2CCC3(CC2)CC3)c1. The summed E-state index contributed by atoms with van der Waals surface area (Å²) < 4.78 is 0. The standard InChI is InChI=1S/C15H18ClNO/c1-11-2-3-12(14(16)18)13(10-11)17-8-6-15(4-5-15)7-9-17/h2-3,10H,4-9H2,1H3. The Kier molecular flexibility index (Phi) is 2.86. The van der Waals surface area contributed by atoms with Crippen LogP contribution in [-0.4, -0.2) is 18.3 Å². The lowest BCUT2D eigenvalue weighted by molar-refractivity contribution is 0.108. The van der Waals surface area contributed by atoms with E-state index in [1.807, 2.05) is 12.1 Å². The summed E-state index contributed by atoms with van der Waals surface area (Å²) in [5, 5.41) is -0.350. The van der Waals surface area contributed by atoms with Crippen molar-refractivity contribution < 1.29 is 4.79 Å². The Morgan fingerprint density at radius 2 is 1.89 bits per heavy atom. The molecule has 96 valence electrons. The minimum Gasteiger partial charge on any atom is -0.371 e. The largest absolute Gasteiger partial charge is 0.371 e. The highest BCUT2D eigenvalue weighted by molar-refractivity contribution is 6.68. The van der Waals surface area contributed by atoms with Crippen LogP contribution in [0.4, 0.5) is 5.69 Å². The zero-order chi connectivity index (χ0) is 12.8. The molecule has 0 N–H and O–H groups in total. The number of carbonyl (C=O) groups excluding carboxylic acids is 1. The van der Waals surface area contributed by atoms with Crippen molar-refractivity contribution in [1.82, 2.24) is 0 Å². The fourth-order valence-electron chi connectivity index (χ4n) is 2.97. The molecule has 1 aromatic rings. The van der Waals surface area contributed by atoms with Gasteiger partial charge in [-0.05, 0) is 67.3 Å². The van der Waals surface area contributed by atoms with E-state index in [0.29, 0.717) is 11.0 Å². The Morgan fingerprint density at radius 1 is 1.22 bits per heavy atom. The summed E-state index contributed by atoms with van der Waals surface area (Å²) in [7, 11) is 0. The predicted octanol–water partition coefficient (Wildman–Crippen LogP) is 3.75. The van der Waals surface area contributed by atoms with Gasteiger partial charge in [-0.25, -0.2) is 0 Å².